The van der Waals surface area contributed by atoms with E-state index in [1.165, 1.54) is 16.9 Å². The molecule has 1 heterocycles. The first-order valence-electron chi connectivity index (χ1n) is 4.17. The van der Waals surface area contributed by atoms with Gasteiger partial charge in [-0.2, -0.15) is 0 Å². The molecule has 1 N–H and O–H groups in total. The molecule has 0 bridgehead atoms. The van der Waals surface area contributed by atoms with Crippen molar-refractivity contribution < 1.29 is 0 Å². The maximum Gasteiger partial charge on any atom is 0.210 e. The van der Waals surface area contributed by atoms with Crippen LogP contribution in [0.4, 0.5) is 10.8 Å². The number of aryl methyl sites for hydroxylation is 1. The van der Waals surface area contributed by atoms with Gasteiger partial charge >= 0.3 is 0 Å². The number of hydrogen-bond donors (Lipinski definition) is 1. The zero-order chi connectivity index (χ0) is 10.8. The van der Waals surface area contributed by atoms with Gasteiger partial charge in [0.15, 0.2) is 3.92 Å². The molecular formula is C9H7Br2N3S. The Bertz CT molecular complexity index is 484. The molecule has 1 aromatic heterocycles. The monoisotopic (exact) mass is 347 g/mol. The number of halogens is 2. The third kappa shape index (κ3) is 2.76. The first kappa shape index (κ1) is 11.0. The summed E-state index contributed by atoms with van der Waals surface area (Å²) in [7, 11) is 0. The average Bonchev–Trinajstić information content (AvgIpc) is 2.58. The van der Waals surface area contributed by atoms with Crippen LogP contribution >= 0.6 is 43.2 Å². The predicted octanol–water partition coefficient (Wildman–Crippen LogP) is 4.12. The highest BCUT2D eigenvalue weighted by Crippen LogP contribution is 2.26. The second-order valence-corrected chi connectivity index (χ2v) is 6.06. The van der Waals surface area contributed by atoms with Crippen molar-refractivity contribution in [3.63, 3.8) is 0 Å². The SMILES string of the molecule is Cc1cc(Nc2nnc(Br)s2)ccc1Br. The molecule has 6 heteroatoms. The maximum absolute atomic E-state index is 3.96. The number of aromatic nitrogens is 2. The van der Waals surface area contributed by atoms with Gasteiger partial charge in [-0.3, -0.25) is 0 Å². The summed E-state index contributed by atoms with van der Waals surface area (Å²) in [6.07, 6.45) is 0. The van der Waals surface area contributed by atoms with Gasteiger partial charge < -0.3 is 5.32 Å². The van der Waals surface area contributed by atoms with Crippen molar-refractivity contribution in [3.05, 3.63) is 32.2 Å². The minimum atomic E-state index is 0.777. The lowest BCUT2D eigenvalue weighted by Gasteiger charge is -2.04. The van der Waals surface area contributed by atoms with Crippen molar-refractivity contribution >= 4 is 54.0 Å². The molecule has 0 fully saturated rings. The summed E-state index contributed by atoms with van der Waals surface area (Å²) in [4.78, 5) is 0. The number of rotatable bonds is 2. The Hall–Kier alpha value is -0.460. The number of nitrogens with one attached hydrogen (secondary N) is 1. The molecule has 0 spiro atoms. The van der Waals surface area contributed by atoms with Crippen LogP contribution in [-0.4, -0.2) is 10.2 Å². The largest absolute Gasteiger partial charge is 0.330 e. The van der Waals surface area contributed by atoms with Crippen molar-refractivity contribution in [2.24, 2.45) is 0 Å². The van der Waals surface area contributed by atoms with E-state index in [9.17, 15) is 0 Å². The lowest BCUT2D eigenvalue weighted by atomic mass is 10.2. The lowest BCUT2D eigenvalue weighted by molar-refractivity contribution is 1.07. The highest BCUT2D eigenvalue weighted by Gasteiger charge is 2.02. The molecular weight excluding hydrogens is 342 g/mol. The van der Waals surface area contributed by atoms with Crippen LogP contribution in [0.2, 0.25) is 0 Å². The van der Waals surface area contributed by atoms with Crippen molar-refractivity contribution in [1.29, 1.82) is 0 Å². The van der Waals surface area contributed by atoms with Crippen LogP contribution in [0.5, 0.6) is 0 Å². The number of hydrogen-bond acceptors (Lipinski definition) is 4. The fourth-order valence-electron chi connectivity index (χ4n) is 1.10. The summed E-state index contributed by atoms with van der Waals surface area (Å²) in [5.74, 6) is 0. The van der Waals surface area contributed by atoms with E-state index in [4.69, 9.17) is 0 Å². The molecule has 1 aromatic carbocycles. The normalized spacial score (nSPS) is 10.3. The van der Waals surface area contributed by atoms with Gasteiger partial charge in [-0.1, -0.05) is 27.3 Å². The fourth-order valence-corrected chi connectivity index (χ4v) is 2.38. The molecule has 78 valence electrons. The van der Waals surface area contributed by atoms with Crippen LogP contribution in [-0.2, 0) is 0 Å². The molecule has 0 radical (unpaired) electrons. The van der Waals surface area contributed by atoms with Crippen molar-refractivity contribution in [3.8, 4) is 0 Å². The molecule has 0 aliphatic heterocycles. The fraction of sp³-hybridized carbons (Fsp3) is 0.111. The van der Waals surface area contributed by atoms with Crippen LogP contribution in [0, 0.1) is 6.92 Å². The van der Waals surface area contributed by atoms with Crippen molar-refractivity contribution in [2.45, 2.75) is 6.92 Å². The van der Waals surface area contributed by atoms with Crippen LogP contribution < -0.4 is 5.32 Å². The highest BCUT2D eigenvalue weighted by molar-refractivity contribution is 9.11. The van der Waals surface area contributed by atoms with Gasteiger partial charge in [0.2, 0.25) is 5.13 Å². The van der Waals surface area contributed by atoms with Crippen molar-refractivity contribution in [1.82, 2.24) is 10.2 Å². The Labute approximate surface area is 108 Å². The second kappa shape index (κ2) is 4.59. The van der Waals surface area contributed by atoms with Gasteiger partial charge in [-0.15, -0.1) is 10.2 Å². The third-order valence-electron chi connectivity index (χ3n) is 1.81. The van der Waals surface area contributed by atoms with E-state index in [-0.39, 0.29) is 0 Å². The topological polar surface area (TPSA) is 37.8 Å². The number of benzene rings is 1. The van der Waals surface area contributed by atoms with Gasteiger partial charge in [0.1, 0.15) is 0 Å². The zero-order valence-electron chi connectivity index (χ0n) is 7.79. The van der Waals surface area contributed by atoms with E-state index >= 15 is 0 Å². The Morgan fingerprint density at radius 2 is 2.07 bits per heavy atom. The molecule has 0 aliphatic carbocycles. The second-order valence-electron chi connectivity index (χ2n) is 2.95. The molecule has 0 aliphatic rings. The summed E-state index contributed by atoms with van der Waals surface area (Å²) in [5.41, 5.74) is 2.20. The quantitative estimate of drug-likeness (QED) is 0.887. The van der Waals surface area contributed by atoms with E-state index in [0.717, 1.165) is 19.2 Å². The molecule has 0 amide bonds. The first-order valence-corrected chi connectivity index (χ1v) is 6.57. The van der Waals surface area contributed by atoms with Gasteiger partial charge in [-0.25, -0.2) is 0 Å². The summed E-state index contributed by atoms with van der Waals surface area (Å²) >= 11 is 8.19. The third-order valence-corrected chi connectivity index (χ3v) is 3.97. The minimum Gasteiger partial charge on any atom is -0.330 e. The van der Waals surface area contributed by atoms with Crippen LogP contribution in [0.15, 0.2) is 26.6 Å². The highest BCUT2D eigenvalue weighted by atomic mass is 79.9. The molecule has 0 saturated carbocycles. The van der Waals surface area contributed by atoms with Gasteiger partial charge in [-0.05, 0) is 46.6 Å². The Morgan fingerprint density at radius 3 is 2.67 bits per heavy atom. The lowest BCUT2D eigenvalue weighted by Crippen LogP contribution is -1.90. The standard InChI is InChI=1S/C9H7Br2N3S/c1-5-4-6(2-3-7(5)10)12-9-14-13-8(11)15-9/h2-4H,1H3,(H,12,14). The molecule has 2 rings (SSSR count). The van der Waals surface area contributed by atoms with E-state index in [2.05, 4.69) is 53.4 Å². The van der Waals surface area contributed by atoms with Gasteiger partial charge in [0.05, 0.1) is 0 Å². The minimum absolute atomic E-state index is 0.777. The van der Waals surface area contributed by atoms with Crippen LogP contribution in [0.25, 0.3) is 0 Å². The van der Waals surface area contributed by atoms with E-state index < -0.39 is 0 Å². The van der Waals surface area contributed by atoms with Gasteiger partial charge in [0.25, 0.3) is 0 Å². The molecule has 0 atom stereocenters. The van der Waals surface area contributed by atoms with Crippen molar-refractivity contribution in [2.75, 3.05) is 5.32 Å². The smallest absolute Gasteiger partial charge is 0.210 e. The van der Waals surface area contributed by atoms with Crippen LogP contribution in [0.3, 0.4) is 0 Å². The first-order chi connectivity index (χ1) is 7.15. The number of nitrogens with zero attached hydrogens (tertiary/aromatic N) is 2. The summed E-state index contributed by atoms with van der Waals surface area (Å²) in [6, 6.07) is 6.06. The Morgan fingerprint density at radius 1 is 1.27 bits per heavy atom. The molecule has 2 aromatic rings. The van der Waals surface area contributed by atoms with E-state index in [1.807, 2.05) is 19.1 Å². The summed E-state index contributed by atoms with van der Waals surface area (Å²) in [5, 5.41) is 11.8. The Balaban J connectivity index is 2.21. The zero-order valence-corrected chi connectivity index (χ0v) is 11.8. The van der Waals surface area contributed by atoms with Gasteiger partial charge in [0, 0.05) is 10.2 Å². The molecule has 0 saturated heterocycles. The molecule has 3 nitrogen and oxygen atoms in total. The van der Waals surface area contributed by atoms with E-state index in [1.54, 1.807) is 0 Å². The summed E-state index contributed by atoms with van der Waals surface area (Å²) < 4.78 is 1.88. The Kier molecular flexibility index (Phi) is 3.38. The molecule has 15 heavy (non-hydrogen) atoms. The molecule has 0 unspecified atom stereocenters. The average molecular weight is 349 g/mol. The van der Waals surface area contributed by atoms with E-state index in [0.29, 0.717) is 0 Å². The predicted molar refractivity (Wildman–Crippen MR) is 69.8 cm³/mol. The van der Waals surface area contributed by atoms with Crippen LogP contribution in [0.1, 0.15) is 5.56 Å². The number of anilines is 2. The summed E-state index contributed by atoms with van der Waals surface area (Å²) in [6.45, 7) is 2.05. The maximum atomic E-state index is 3.96.